The maximum Gasteiger partial charge on any atom is 0.303 e. The maximum absolute atomic E-state index is 10.3. The zero-order chi connectivity index (χ0) is 19.5. The molecular weight excluding hydrogens is 328 g/mol. The lowest BCUT2D eigenvalue weighted by Gasteiger charge is -2.13. The summed E-state index contributed by atoms with van der Waals surface area (Å²) in [6.45, 7) is 1.85. The van der Waals surface area contributed by atoms with Crippen molar-refractivity contribution >= 4 is 5.97 Å². The van der Waals surface area contributed by atoms with Gasteiger partial charge in [-0.1, -0.05) is 67.7 Å². The van der Waals surface area contributed by atoms with Crippen LogP contribution < -0.4 is 0 Å². The first-order chi connectivity index (χ1) is 12.6. The quantitative estimate of drug-likeness (QED) is 0.369. The minimum absolute atomic E-state index is 0.191. The van der Waals surface area contributed by atoms with Gasteiger partial charge >= 0.3 is 5.97 Å². The fourth-order valence-corrected chi connectivity index (χ4v) is 2.07. The SMILES string of the molecule is CC[C@@H](O)[C@H](O)C/C=C\C/C=C\C/C=C\C/C=C\C/C=C\CCC(=O)O. The van der Waals surface area contributed by atoms with Crippen molar-refractivity contribution < 1.29 is 20.1 Å². The maximum atomic E-state index is 10.3. The Labute approximate surface area is 157 Å². The third-order valence-corrected chi connectivity index (χ3v) is 3.69. The molecule has 0 aromatic heterocycles. The molecule has 26 heavy (non-hydrogen) atoms. The summed E-state index contributed by atoms with van der Waals surface area (Å²) in [6, 6.07) is 0. The molecule has 0 heterocycles. The van der Waals surface area contributed by atoms with Gasteiger partial charge in [0, 0.05) is 6.42 Å². The number of aliphatic hydroxyl groups is 2. The molecule has 0 aliphatic rings. The van der Waals surface area contributed by atoms with Crippen LogP contribution in [0.3, 0.4) is 0 Å². The molecule has 0 rings (SSSR count). The van der Waals surface area contributed by atoms with Gasteiger partial charge in [0.15, 0.2) is 0 Å². The number of carbonyl (C=O) groups is 1. The molecule has 2 atom stereocenters. The highest BCUT2D eigenvalue weighted by Gasteiger charge is 2.11. The summed E-state index contributed by atoms with van der Waals surface area (Å²) in [6.07, 6.45) is 24.4. The third kappa shape index (κ3) is 16.9. The number of rotatable bonds is 15. The van der Waals surface area contributed by atoms with E-state index in [1.54, 1.807) is 0 Å². The summed E-state index contributed by atoms with van der Waals surface area (Å²) < 4.78 is 0. The second-order valence-corrected chi connectivity index (χ2v) is 6.01. The molecule has 0 spiro atoms. The van der Waals surface area contributed by atoms with Crippen molar-refractivity contribution in [2.45, 2.75) is 70.5 Å². The first kappa shape index (κ1) is 24.1. The number of aliphatic hydroxyl groups excluding tert-OH is 2. The third-order valence-electron chi connectivity index (χ3n) is 3.69. The molecule has 0 amide bonds. The van der Waals surface area contributed by atoms with E-state index < -0.39 is 18.2 Å². The van der Waals surface area contributed by atoms with Crippen LogP contribution >= 0.6 is 0 Å². The van der Waals surface area contributed by atoms with Gasteiger partial charge in [0.1, 0.15) is 0 Å². The molecule has 0 saturated heterocycles. The topological polar surface area (TPSA) is 77.8 Å². The minimum Gasteiger partial charge on any atom is -0.481 e. The van der Waals surface area contributed by atoms with Crippen LogP contribution in [0.1, 0.15) is 58.3 Å². The lowest BCUT2D eigenvalue weighted by molar-refractivity contribution is -0.136. The molecule has 0 saturated carbocycles. The van der Waals surface area contributed by atoms with E-state index in [9.17, 15) is 15.0 Å². The lowest BCUT2D eigenvalue weighted by atomic mass is 10.1. The predicted molar refractivity (Wildman–Crippen MR) is 108 cm³/mol. The number of carboxylic acids is 1. The highest BCUT2D eigenvalue weighted by molar-refractivity contribution is 5.66. The average Bonchev–Trinajstić information content (AvgIpc) is 2.63. The Morgan fingerprint density at radius 3 is 1.58 bits per heavy atom. The fraction of sp³-hybridized carbons (Fsp3) is 0.500. The van der Waals surface area contributed by atoms with Crippen LogP contribution in [0.15, 0.2) is 60.8 Å². The van der Waals surface area contributed by atoms with E-state index in [1.807, 2.05) is 31.2 Å². The van der Waals surface area contributed by atoms with Crippen molar-refractivity contribution in [2.24, 2.45) is 0 Å². The van der Waals surface area contributed by atoms with E-state index in [1.165, 1.54) is 0 Å². The van der Waals surface area contributed by atoms with E-state index in [4.69, 9.17) is 5.11 Å². The predicted octanol–water partition coefficient (Wildman–Crippen LogP) is 4.71. The number of allylic oxidation sites excluding steroid dienone is 9. The lowest BCUT2D eigenvalue weighted by Crippen LogP contribution is -2.23. The molecule has 0 aromatic carbocycles. The summed E-state index contributed by atoms with van der Waals surface area (Å²) in [4.78, 5) is 10.3. The van der Waals surface area contributed by atoms with Crippen LogP contribution in [0.2, 0.25) is 0 Å². The second kappa shape index (κ2) is 17.9. The van der Waals surface area contributed by atoms with Crippen LogP contribution in [0.25, 0.3) is 0 Å². The van der Waals surface area contributed by atoms with E-state index in [0.29, 0.717) is 19.3 Å². The van der Waals surface area contributed by atoms with Crippen molar-refractivity contribution in [1.29, 1.82) is 0 Å². The van der Waals surface area contributed by atoms with Crippen molar-refractivity contribution in [3.63, 3.8) is 0 Å². The van der Waals surface area contributed by atoms with Gasteiger partial charge in [0.25, 0.3) is 0 Å². The van der Waals surface area contributed by atoms with Crippen LogP contribution in [-0.2, 0) is 4.79 Å². The molecule has 0 radical (unpaired) electrons. The molecule has 146 valence electrons. The van der Waals surface area contributed by atoms with E-state index >= 15 is 0 Å². The molecule has 0 fully saturated rings. The molecule has 0 aromatic rings. The fourth-order valence-electron chi connectivity index (χ4n) is 2.07. The molecular formula is C22H34O4. The number of aliphatic carboxylic acids is 1. The van der Waals surface area contributed by atoms with Crippen LogP contribution in [0, 0.1) is 0 Å². The van der Waals surface area contributed by atoms with Gasteiger partial charge in [0.2, 0.25) is 0 Å². The van der Waals surface area contributed by atoms with Gasteiger partial charge in [-0.05, 0) is 44.9 Å². The monoisotopic (exact) mass is 362 g/mol. The van der Waals surface area contributed by atoms with E-state index in [0.717, 1.165) is 25.7 Å². The van der Waals surface area contributed by atoms with Crippen molar-refractivity contribution in [2.75, 3.05) is 0 Å². The molecule has 0 bridgehead atoms. The molecule has 0 aliphatic carbocycles. The first-order valence-corrected chi connectivity index (χ1v) is 9.40. The van der Waals surface area contributed by atoms with Gasteiger partial charge < -0.3 is 15.3 Å². The standard InChI is InChI=1S/C22H34O4/c1-2-20(23)21(24)18-16-14-12-10-8-6-4-3-5-7-9-11-13-15-17-19-22(25)26/h3-4,7-10,13-16,20-21,23-24H,2,5-6,11-12,17-19H2,1H3,(H,25,26)/b4-3-,9-7-,10-8-,15-13-,16-14-/t20-,21-/m1/s1. The van der Waals surface area contributed by atoms with Crippen molar-refractivity contribution in [3.8, 4) is 0 Å². The zero-order valence-electron chi connectivity index (χ0n) is 15.8. The summed E-state index contributed by atoms with van der Waals surface area (Å²) in [5.74, 6) is -0.758. The van der Waals surface area contributed by atoms with Gasteiger partial charge in [-0.25, -0.2) is 0 Å². The molecule has 0 unspecified atom stereocenters. The average molecular weight is 363 g/mol. The number of hydrogen-bond acceptors (Lipinski definition) is 3. The Morgan fingerprint density at radius 1 is 0.731 bits per heavy atom. The zero-order valence-corrected chi connectivity index (χ0v) is 15.8. The highest BCUT2D eigenvalue weighted by Crippen LogP contribution is 2.04. The van der Waals surface area contributed by atoms with Crippen LogP contribution in [-0.4, -0.2) is 33.5 Å². The van der Waals surface area contributed by atoms with Gasteiger partial charge in [-0.15, -0.1) is 0 Å². The largest absolute Gasteiger partial charge is 0.481 e. The molecule has 4 heteroatoms. The molecule has 0 aliphatic heterocycles. The molecule has 4 nitrogen and oxygen atoms in total. The van der Waals surface area contributed by atoms with Crippen LogP contribution in [0.5, 0.6) is 0 Å². The summed E-state index contributed by atoms with van der Waals surface area (Å²) in [5.41, 5.74) is 0. The second-order valence-electron chi connectivity index (χ2n) is 6.01. The van der Waals surface area contributed by atoms with Gasteiger partial charge in [-0.3, -0.25) is 4.79 Å². The highest BCUT2D eigenvalue weighted by atomic mass is 16.4. The van der Waals surface area contributed by atoms with Gasteiger partial charge in [-0.2, -0.15) is 0 Å². The van der Waals surface area contributed by atoms with Gasteiger partial charge in [0.05, 0.1) is 12.2 Å². The van der Waals surface area contributed by atoms with E-state index in [2.05, 4.69) is 36.5 Å². The summed E-state index contributed by atoms with van der Waals surface area (Å²) in [7, 11) is 0. The Kier molecular flexibility index (Phi) is 16.6. The Hall–Kier alpha value is -1.91. The van der Waals surface area contributed by atoms with Crippen molar-refractivity contribution in [3.05, 3.63) is 60.8 Å². The Morgan fingerprint density at radius 2 is 1.15 bits per heavy atom. The summed E-state index contributed by atoms with van der Waals surface area (Å²) in [5, 5.41) is 27.5. The first-order valence-electron chi connectivity index (χ1n) is 9.40. The number of hydrogen-bond donors (Lipinski definition) is 3. The smallest absolute Gasteiger partial charge is 0.303 e. The number of carboxylic acid groups (broad SMARTS) is 1. The minimum atomic E-state index is -0.758. The summed E-state index contributed by atoms with van der Waals surface area (Å²) >= 11 is 0. The Bertz CT molecular complexity index is 486. The molecule has 3 N–H and O–H groups in total. The normalized spacial score (nSPS) is 15.2. The van der Waals surface area contributed by atoms with Crippen molar-refractivity contribution in [1.82, 2.24) is 0 Å². The van der Waals surface area contributed by atoms with E-state index in [-0.39, 0.29) is 6.42 Å². The Balaban J connectivity index is 3.61. The van der Waals surface area contributed by atoms with Crippen LogP contribution in [0.4, 0.5) is 0 Å².